The van der Waals surface area contributed by atoms with Crippen LogP contribution in [0.15, 0.2) is 36.4 Å². The van der Waals surface area contributed by atoms with Gasteiger partial charge in [0, 0.05) is 17.1 Å². The number of nitriles is 1. The van der Waals surface area contributed by atoms with E-state index in [1.165, 1.54) is 11.3 Å². The van der Waals surface area contributed by atoms with E-state index in [2.05, 4.69) is 11.4 Å². The minimum atomic E-state index is -0.585. The van der Waals surface area contributed by atoms with Crippen LogP contribution in [0.3, 0.4) is 0 Å². The van der Waals surface area contributed by atoms with Crippen LogP contribution in [0.4, 0.5) is 5.69 Å². The minimum absolute atomic E-state index is 0.405. The number of aliphatic hydroxyl groups excluding tert-OH is 1. The van der Waals surface area contributed by atoms with Crippen molar-refractivity contribution < 1.29 is 5.11 Å². The average molecular weight is 279 g/mol. The van der Waals surface area contributed by atoms with Crippen molar-refractivity contribution in [2.45, 2.75) is 6.10 Å². The highest BCUT2D eigenvalue weighted by Crippen LogP contribution is 2.27. The molecule has 1 heterocycles. The second-order valence-corrected chi connectivity index (χ2v) is 5.47. The summed E-state index contributed by atoms with van der Waals surface area (Å²) in [6, 6.07) is 12.7. The zero-order chi connectivity index (χ0) is 13.0. The summed E-state index contributed by atoms with van der Waals surface area (Å²) in [4.78, 5) is 0.834. The molecule has 0 aliphatic heterocycles. The summed E-state index contributed by atoms with van der Waals surface area (Å²) in [7, 11) is 0. The van der Waals surface area contributed by atoms with Crippen LogP contribution in [-0.4, -0.2) is 11.7 Å². The summed E-state index contributed by atoms with van der Waals surface area (Å²) in [5.74, 6) is 0. The van der Waals surface area contributed by atoms with Crippen molar-refractivity contribution in [1.82, 2.24) is 0 Å². The molecular weight excluding hydrogens is 268 g/mol. The van der Waals surface area contributed by atoms with Crippen LogP contribution < -0.4 is 5.32 Å². The molecule has 2 aromatic rings. The number of hydrogen-bond donors (Lipinski definition) is 2. The number of hydrogen-bond acceptors (Lipinski definition) is 4. The van der Waals surface area contributed by atoms with E-state index in [1.54, 1.807) is 18.2 Å². The molecule has 0 spiro atoms. The zero-order valence-corrected chi connectivity index (χ0v) is 11.0. The first-order valence-electron chi connectivity index (χ1n) is 5.36. The molecule has 2 N–H and O–H groups in total. The van der Waals surface area contributed by atoms with Crippen molar-refractivity contribution in [3.05, 3.63) is 51.2 Å². The van der Waals surface area contributed by atoms with Gasteiger partial charge in [0.25, 0.3) is 0 Å². The van der Waals surface area contributed by atoms with Gasteiger partial charge in [-0.25, -0.2) is 0 Å². The van der Waals surface area contributed by atoms with E-state index in [0.717, 1.165) is 10.6 Å². The highest BCUT2D eigenvalue weighted by atomic mass is 35.5. The van der Waals surface area contributed by atoms with Crippen molar-refractivity contribution in [3.63, 3.8) is 0 Å². The van der Waals surface area contributed by atoms with Gasteiger partial charge in [-0.15, -0.1) is 11.3 Å². The van der Waals surface area contributed by atoms with Crippen molar-refractivity contribution in [1.29, 1.82) is 5.26 Å². The number of benzene rings is 1. The molecule has 0 saturated heterocycles. The molecule has 3 nitrogen and oxygen atoms in total. The van der Waals surface area contributed by atoms with Crippen LogP contribution in [-0.2, 0) is 0 Å². The molecule has 2 rings (SSSR count). The first-order chi connectivity index (χ1) is 8.69. The molecular formula is C13H11ClN2OS. The third-order valence-corrected chi connectivity index (χ3v) is 3.77. The second-order valence-electron chi connectivity index (χ2n) is 3.73. The van der Waals surface area contributed by atoms with E-state index in [4.69, 9.17) is 16.9 Å². The zero-order valence-electron chi connectivity index (χ0n) is 9.43. The Morgan fingerprint density at radius 3 is 2.56 bits per heavy atom. The molecule has 0 aliphatic rings. The third-order valence-electron chi connectivity index (χ3n) is 2.44. The number of thiophene rings is 1. The standard InChI is InChI=1S/C13H11ClN2OS/c14-13-6-5-12(18-13)11(17)8-16-10-3-1-9(7-15)2-4-10/h1-6,11,16-17H,8H2. The number of rotatable bonds is 4. The highest BCUT2D eigenvalue weighted by Gasteiger charge is 2.09. The summed E-state index contributed by atoms with van der Waals surface area (Å²) < 4.78 is 0.669. The lowest BCUT2D eigenvalue weighted by Gasteiger charge is -2.11. The number of halogens is 1. The summed E-state index contributed by atoms with van der Waals surface area (Å²) in [6.07, 6.45) is -0.585. The maximum atomic E-state index is 9.93. The van der Waals surface area contributed by atoms with E-state index in [9.17, 15) is 5.11 Å². The first kappa shape index (κ1) is 12.9. The fourth-order valence-electron chi connectivity index (χ4n) is 1.49. The van der Waals surface area contributed by atoms with Gasteiger partial charge in [-0.3, -0.25) is 0 Å². The average Bonchev–Trinajstić information content (AvgIpc) is 2.83. The molecule has 0 radical (unpaired) electrons. The van der Waals surface area contributed by atoms with Gasteiger partial charge in [0.15, 0.2) is 0 Å². The summed E-state index contributed by atoms with van der Waals surface area (Å²) in [6.45, 7) is 0.405. The number of aliphatic hydroxyl groups is 1. The Labute approximate surface area is 114 Å². The van der Waals surface area contributed by atoms with Gasteiger partial charge in [0.1, 0.15) is 6.10 Å². The molecule has 92 valence electrons. The fraction of sp³-hybridized carbons (Fsp3) is 0.154. The number of nitrogens with zero attached hydrogens (tertiary/aromatic N) is 1. The summed E-state index contributed by atoms with van der Waals surface area (Å²) in [5, 5.41) is 21.7. The third kappa shape index (κ3) is 3.23. The van der Waals surface area contributed by atoms with Crippen molar-refractivity contribution in [2.75, 3.05) is 11.9 Å². The van der Waals surface area contributed by atoms with Crippen molar-refractivity contribution in [2.24, 2.45) is 0 Å². The van der Waals surface area contributed by atoms with Crippen LogP contribution in [0.5, 0.6) is 0 Å². The maximum absolute atomic E-state index is 9.93. The molecule has 1 atom stereocenters. The Kier molecular flexibility index (Phi) is 4.21. The van der Waals surface area contributed by atoms with E-state index in [-0.39, 0.29) is 0 Å². The molecule has 1 unspecified atom stereocenters. The molecule has 0 amide bonds. The van der Waals surface area contributed by atoms with Gasteiger partial charge in [-0.1, -0.05) is 11.6 Å². The largest absolute Gasteiger partial charge is 0.386 e. The fourth-order valence-corrected chi connectivity index (χ4v) is 2.53. The Morgan fingerprint density at radius 1 is 1.28 bits per heavy atom. The van der Waals surface area contributed by atoms with Crippen LogP contribution >= 0.6 is 22.9 Å². The second kappa shape index (κ2) is 5.87. The van der Waals surface area contributed by atoms with E-state index < -0.39 is 6.10 Å². The topological polar surface area (TPSA) is 56.0 Å². The minimum Gasteiger partial charge on any atom is -0.386 e. The smallest absolute Gasteiger partial charge is 0.105 e. The van der Waals surface area contributed by atoms with Crippen LogP contribution in [0.25, 0.3) is 0 Å². The predicted octanol–water partition coefficient (Wildman–Crippen LogP) is 3.42. The van der Waals surface area contributed by atoms with Crippen molar-refractivity contribution in [3.8, 4) is 6.07 Å². The van der Waals surface area contributed by atoms with Gasteiger partial charge in [-0.2, -0.15) is 5.26 Å². The highest BCUT2D eigenvalue weighted by molar-refractivity contribution is 7.16. The molecule has 5 heteroatoms. The molecule has 0 fully saturated rings. The molecule has 18 heavy (non-hydrogen) atoms. The van der Waals surface area contributed by atoms with Gasteiger partial charge in [-0.05, 0) is 36.4 Å². The Hall–Kier alpha value is -1.54. The van der Waals surface area contributed by atoms with Gasteiger partial charge in [0.05, 0.1) is 16.0 Å². The Bertz CT molecular complexity index is 559. The lowest BCUT2D eigenvalue weighted by atomic mass is 10.2. The lowest BCUT2D eigenvalue weighted by Crippen LogP contribution is -2.10. The normalized spacial score (nSPS) is 11.8. The number of anilines is 1. The lowest BCUT2D eigenvalue weighted by molar-refractivity contribution is 0.195. The molecule has 0 bridgehead atoms. The summed E-state index contributed by atoms with van der Waals surface area (Å²) in [5.41, 5.74) is 1.49. The first-order valence-corrected chi connectivity index (χ1v) is 6.56. The van der Waals surface area contributed by atoms with Crippen molar-refractivity contribution >= 4 is 28.6 Å². The van der Waals surface area contributed by atoms with Gasteiger partial charge < -0.3 is 10.4 Å². The molecule has 1 aromatic carbocycles. The predicted molar refractivity (Wildman–Crippen MR) is 73.9 cm³/mol. The van der Waals surface area contributed by atoms with E-state index >= 15 is 0 Å². The Morgan fingerprint density at radius 2 is 2.00 bits per heavy atom. The molecule has 1 aromatic heterocycles. The van der Waals surface area contributed by atoms with Crippen LogP contribution in [0.2, 0.25) is 4.34 Å². The molecule has 0 saturated carbocycles. The monoisotopic (exact) mass is 278 g/mol. The number of nitrogens with one attached hydrogen (secondary N) is 1. The Balaban J connectivity index is 1.93. The molecule has 0 aliphatic carbocycles. The van der Waals surface area contributed by atoms with E-state index in [1.807, 2.05) is 18.2 Å². The quantitative estimate of drug-likeness (QED) is 0.901. The van der Waals surface area contributed by atoms with Crippen LogP contribution in [0.1, 0.15) is 16.5 Å². The SMILES string of the molecule is N#Cc1ccc(NCC(O)c2ccc(Cl)s2)cc1. The van der Waals surface area contributed by atoms with E-state index in [0.29, 0.717) is 16.4 Å². The van der Waals surface area contributed by atoms with Gasteiger partial charge >= 0.3 is 0 Å². The maximum Gasteiger partial charge on any atom is 0.105 e. The summed E-state index contributed by atoms with van der Waals surface area (Å²) >= 11 is 7.18. The van der Waals surface area contributed by atoms with Crippen LogP contribution in [0, 0.1) is 11.3 Å². The van der Waals surface area contributed by atoms with Gasteiger partial charge in [0.2, 0.25) is 0 Å².